The Morgan fingerprint density at radius 2 is 1.88 bits per heavy atom. The summed E-state index contributed by atoms with van der Waals surface area (Å²) in [5.41, 5.74) is 7.39. The predicted octanol–water partition coefficient (Wildman–Crippen LogP) is 2.16. The van der Waals surface area contributed by atoms with Gasteiger partial charge in [-0.3, -0.25) is 4.79 Å². The van der Waals surface area contributed by atoms with Gasteiger partial charge in [-0.2, -0.15) is 0 Å². The second kappa shape index (κ2) is 5.82. The molecule has 0 radical (unpaired) electrons. The maximum Gasteiger partial charge on any atom is 0.253 e. The van der Waals surface area contributed by atoms with Crippen LogP contribution in [-0.2, 0) is 6.54 Å². The predicted molar refractivity (Wildman–Crippen MR) is 68.7 cm³/mol. The number of nitrogens with zero attached hydrogens (tertiary/aromatic N) is 1. The lowest BCUT2D eigenvalue weighted by atomic mass is 10.1. The zero-order chi connectivity index (χ0) is 12.1. The lowest BCUT2D eigenvalue weighted by Crippen LogP contribution is -2.31. The number of hydrogen-bond acceptors (Lipinski definition) is 2. The number of benzene rings is 1. The second-order valence-electron chi connectivity index (χ2n) is 4.61. The number of nitrogens with two attached hydrogens (primary N) is 1. The van der Waals surface area contributed by atoms with Crippen LogP contribution in [0.4, 0.5) is 0 Å². The molecule has 1 saturated heterocycles. The van der Waals surface area contributed by atoms with Crippen LogP contribution in [0.3, 0.4) is 0 Å². The highest BCUT2D eigenvalue weighted by atomic mass is 16.2. The van der Waals surface area contributed by atoms with Gasteiger partial charge in [-0.25, -0.2) is 0 Å². The van der Waals surface area contributed by atoms with Crippen molar-refractivity contribution >= 4 is 5.91 Å². The van der Waals surface area contributed by atoms with Crippen molar-refractivity contribution in [2.45, 2.75) is 32.2 Å². The molecule has 0 atom stereocenters. The van der Waals surface area contributed by atoms with E-state index in [1.807, 2.05) is 29.2 Å². The Morgan fingerprint density at radius 1 is 1.18 bits per heavy atom. The summed E-state index contributed by atoms with van der Waals surface area (Å²) in [5, 5.41) is 0. The topological polar surface area (TPSA) is 46.3 Å². The fourth-order valence-electron chi connectivity index (χ4n) is 2.29. The molecule has 17 heavy (non-hydrogen) atoms. The third-order valence-electron chi connectivity index (χ3n) is 3.30. The molecule has 3 nitrogen and oxygen atoms in total. The summed E-state index contributed by atoms with van der Waals surface area (Å²) in [6.45, 7) is 2.28. The van der Waals surface area contributed by atoms with Crippen LogP contribution in [-0.4, -0.2) is 23.9 Å². The van der Waals surface area contributed by atoms with E-state index in [0.29, 0.717) is 6.54 Å². The van der Waals surface area contributed by atoms with Gasteiger partial charge in [0.1, 0.15) is 0 Å². The maximum atomic E-state index is 12.3. The molecule has 1 aromatic carbocycles. The fourth-order valence-corrected chi connectivity index (χ4v) is 2.29. The number of amides is 1. The van der Waals surface area contributed by atoms with E-state index in [1.54, 1.807) is 0 Å². The van der Waals surface area contributed by atoms with Crippen molar-refractivity contribution in [2.24, 2.45) is 5.73 Å². The number of rotatable bonds is 2. The third kappa shape index (κ3) is 3.07. The van der Waals surface area contributed by atoms with E-state index < -0.39 is 0 Å². The van der Waals surface area contributed by atoms with Crippen LogP contribution in [0.1, 0.15) is 41.6 Å². The molecule has 3 heteroatoms. The van der Waals surface area contributed by atoms with Gasteiger partial charge in [0.15, 0.2) is 0 Å². The Hall–Kier alpha value is -1.35. The van der Waals surface area contributed by atoms with Crippen LogP contribution in [0.5, 0.6) is 0 Å². The zero-order valence-corrected chi connectivity index (χ0v) is 10.2. The Kier molecular flexibility index (Phi) is 4.15. The van der Waals surface area contributed by atoms with Gasteiger partial charge in [0.05, 0.1) is 0 Å². The second-order valence-corrected chi connectivity index (χ2v) is 4.61. The summed E-state index contributed by atoms with van der Waals surface area (Å²) in [6, 6.07) is 7.66. The first-order valence-corrected chi connectivity index (χ1v) is 6.39. The van der Waals surface area contributed by atoms with Crippen molar-refractivity contribution in [1.29, 1.82) is 0 Å². The molecule has 1 amide bonds. The van der Waals surface area contributed by atoms with Crippen LogP contribution in [0.15, 0.2) is 24.3 Å². The van der Waals surface area contributed by atoms with E-state index in [1.165, 1.54) is 12.8 Å². The number of carbonyl (C=O) groups excluding carboxylic acids is 1. The van der Waals surface area contributed by atoms with Crippen LogP contribution in [0.25, 0.3) is 0 Å². The maximum absolute atomic E-state index is 12.3. The summed E-state index contributed by atoms with van der Waals surface area (Å²) >= 11 is 0. The Labute approximate surface area is 103 Å². The molecule has 0 bridgehead atoms. The van der Waals surface area contributed by atoms with Crippen molar-refractivity contribution in [1.82, 2.24) is 4.90 Å². The van der Waals surface area contributed by atoms with Crippen LogP contribution >= 0.6 is 0 Å². The van der Waals surface area contributed by atoms with E-state index in [0.717, 1.165) is 37.1 Å². The highest BCUT2D eigenvalue weighted by Gasteiger charge is 2.17. The van der Waals surface area contributed by atoms with E-state index in [9.17, 15) is 4.79 Å². The van der Waals surface area contributed by atoms with Gasteiger partial charge in [0.25, 0.3) is 5.91 Å². The van der Waals surface area contributed by atoms with E-state index >= 15 is 0 Å². The molecule has 1 aromatic rings. The van der Waals surface area contributed by atoms with Gasteiger partial charge in [-0.05, 0) is 30.5 Å². The summed E-state index contributed by atoms with van der Waals surface area (Å²) in [6.07, 6.45) is 4.74. The summed E-state index contributed by atoms with van der Waals surface area (Å²) in [7, 11) is 0. The van der Waals surface area contributed by atoms with Gasteiger partial charge in [0, 0.05) is 25.2 Å². The van der Waals surface area contributed by atoms with Gasteiger partial charge in [-0.1, -0.05) is 25.0 Å². The molecule has 1 aliphatic heterocycles. The van der Waals surface area contributed by atoms with Gasteiger partial charge in [0.2, 0.25) is 0 Å². The van der Waals surface area contributed by atoms with E-state index in [2.05, 4.69) is 0 Å². The fraction of sp³-hybridized carbons (Fsp3) is 0.500. The van der Waals surface area contributed by atoms with Crippen molar-refractivity contribution in [3.05, 3.63) is 35.4 Å². The van der Waals surface area contributed by atoms with Gasteiger partial charge >= 0.3 is 0 Å². The van der Waals surface area contributed by atoms with E-state index in [-0.39, 0.29) is 5.91 Å². The standard InChI is InChI=1S/C14H20N2O/c15-11-12-6-5-7-13(10-12)14(17)16-8-3-1-2-4-9-16/h5-7,10H,1-4,8-9,11,15H2. The van der Waals surface area contributed by atoms with Crippen molar-refractivity contribution < 1.29 is 4.79 Å². The minimum Gasteiger partial charge on any atom is -0.339 e. The van der Waals surface area contributed by atoms with Crippen LogP contribution in [0.2, 0.25) is 0 Å². The number of likely N-dealkylation sites (tertiary alicyclic amines) is 1. The molecule has 2 rings (SSSR count). The quantitative estimate of drug-likeness (QED) is 0.849. The third-order valence-corrected chi connectivity index (χ3v) is 3.30. The molecular formula is C14H20N2O. The zero-order valence-electron chi connectivity index (χ0n) is 10.2. The summed E-state index contributed by atoms with van der Waals surface area (Å²) in [5.74, 6) is 0.155. The average Bonchev–Trinajstić information content (AvgIpc) is 2.67. The minimum absolute atomic E-state index is 0.155. The van der Waals surface area contributed by atoms with Crippen LogP contribution < -0.4 is 5.73 Å². The first-order chi connectivity index (χ1) is 8.31. The number of hydrogen-bond donors (Lipinski definition) is 1. The summed E-state index contributed by atoms with van der Waals surface area (Å²) < 4.78 is 0. The largest absolute Gasteiger partial charge is 0.339 e. The molecule has 0 aliphatic carbocycles. The highest BCUT2D eigenvalue weighted by molar-refractivity contribution is 5.94. The van der Waals surface area contributed by atoms with Crippen LogP contribution in [0, 0.1) is 0 Å². The molecular weight excluding hydrogens is 212 g/mol. The van der Waals surface area contributed by atoms with Crippen molar-refractivity contribution in [2.75, 3.05) is 13.1 Å². The Balaban J connectivity index is 2.11. The first-order valence-electron chi connectivity index (χ1n) is 6.39. The van der Waals surface area contributed by atoms with Gasteiger partial charge in [-0.15, -0.1) is 0 Å². The first kappa shape index (κ1) is 12.1. The molecule has 1 aliphatic rings. The van der Waals surface area contributed by atoms with Crippen molar-refractivity contribution in [3.8, 4) is 0 Å². The Bertz CT molecular complexity index is 382. The summed E-state index contributed by atoms with van der Waals surface area (Å²) in [4.78, 5) is 14.3. The SMILES string of the molecule is NCc1cccc(C(=O)N2CCCCCC2)c1. The van der Waals surface area contributed by atoms with Gasteiger partial charge < -0.3 is 10.6 Å². The van der Waals surface area contributed by atoms with Crippen molar-refractivity contribution in [3.63, 3.8) is 0 Å². The molecule has 0 aromatic heterocycles. The normalized spacial score (nSPS) is 16.6. The van der Waals surface area contributed by atoms with E-state index in [4.69, 9.17) is 5.73 Å². The molecule has 0 spiro atoms. The number of carbonyl (C=O) groups is 1. The molecule has 1 heterocycles. The molecule has 92 valence electrons. The molecule has 0 unspecified atom stereocenters. The monoisotopic (exact) mass is 232 g/mol. The Morgan fingerprint density at radius 3 is 2.53 bits per heavy atom. The smallest absolute Gasteiger partial charge is 0.253 e. The molecule has 2 N–H and O–H groups in total. The minimum atomic E-state index is 0.155. The highest BCUT2D eigenvalue weighted by Crippen LogP contribution is 2.14. The lowest BCUT2D eigenvalue weighted by Gasteiger charge is -2.20. The lowest BCUT2D eigenvalue weighted by molar-refractivity contribution is 0.0761. The molecule has 1 fully saturated rings. The average molecular weight is 232 g/mol. The molecule has 0 saturated carbocycles.